The Morgan fingerprint density at radius 1 is 1.03 bits per heavy atom. The van der Waals surface area contributed by atoms with Crippen LogP contribution in [0.2, 0.25) is 0 Å². The van der Waals surface area contributed by atoms with Crippen LogP contribution < -0.4 is 4.31 Å². The molecule has 3 aromatic rings. The van der Waals surface area contributed by atoms with Gasteiger partial charge in [0.15, 0.2) is 0 Å². The van der Waals surface area contributed by atoms with E-state index >= 15 is 0 Å². The highest BCUT2D eigenvalue weighted by atomic mass is 32.2. The Labute approximate surface area is 212 Å². The molecule has 0 aliphatic heterocycles. The molecule has 2 aromatic carbocycles. The SMILES string of the molecule is CC(C)(C)OC(=O)C(Cc1ccc(CCCCC(=O)O)s1)N(c1ccc2ccccc2c1)S(=O)O. The number of hydrogen-bond donors (Lipinski definition) is 2. The van der Waals surface area contributed by atoms with E-state index in [4.69, 9.17) is 9.84 Å². The van der Waals surface area contributed by atoms with Crippen molar-refractivity contribution in [3.63, 3.8) is 0 Å². The van der Waals surface area contributed by atoms with Gasteiger partial charge in [0, 0.05) is 22.6 Å². The number of esters is 1. The average Bonchev–Trinajstić information content (AvgIpc) is 3.22. The van der Waals surface area contributed by atoms with Crippen LogP contribution >= 0.6 is 11.3 Å². The molecule has 0 spiro atoms. The molecule has 2 N–H and O–H groups in total. The molecule has 2 atom stereocenters. The number of benzene rings is 2. The number of thiophene rings is 1. The Hall–Kier alpha value is -2.75. The zero-order valence-electron chi connectivity index (χ0n) is 20.1. The summed E-state index contributed by atoms with van der Waals surface area (Å²) < 4.78 is 29.7. The number of carboxylic acids is 1. The quantitative estimate of drug-likeness (QED) is 0.195. The smallest absolute Gasteiger partial charge is 0.330 e. The molecule has 3 rings (SSSR count). The molecule has 0 bridgehead atoms. The van der Waals surface area contributed by atoms with E-state index in [9.17, 15) is 18.4 Å². The van der Waals surface area contributed by atoms with Crippen molar-refractivity contribution in [3.8, 4) is 0 Å². The topological polar surface area (TPSA) is 104 Å². The summed E-state index contributed by atoms with van der Waals surface area (Å²) in [6.07, 6.45) is 2.44. The van der Waals surface area contributed by atoms with Crippen LogP contribution in [0.5, 0.6) is 0 Å². The van der Waals surface area contributed by atoms with Crippen LogP contribution in [-0.4, -0.2) is 37.4 Å². The molecular weight excluding hydrogens is 486 g/mol. The first-order valence-corrected chi connectivity index (χ1v) is 13.3. The Balaban J connectivity index is 1.88. The number of fused-ring (bicyclic) bond motifs is 1. The van der Waals surface area contributed by atoms with Crippen molar-refractivity contribution in [1.29, 1.82) is 0 Å². The highest BCUT2D eigenvalue weighted by molar-refractivity contribution is 7.80. The largest absolute Gasteiger partial charge is 0.481 e. The molecule has 7 nitrogen and oxygen atoms in total. The van der Waals surface area contributed by atoms with E-state index < -0.39 is 34.8 Å². The fraction of sp³-hybridized carbons (Fsp3) is 0.385. The van der Waals surface area contributed by atoms with Gasteiger partial charge in [-0.05, 0) is 75.1 Å². The molecule has 0 aliphatic rings. The van der Waals surface area contributed by atoms with Gasteiger partial charge in [0.05, 0.1) is 5.69 Å². The molecule has 9 heteroatoms. The summed E-state index contributed by atoms with van der Waals surface area (Å²) in [7, 11) is 0. The molecule has 2 unspecified atom stereocenters. The summed E-state index contributed by atoms with van der Waals surface area (Å²) >= 11 is -0.952. The number of carbonyl (C=O) groups is 2. The maximum Gasteiger partial charge on any atom is 0.330 e. The lowest BCUT2D eigenvalue weighted by molar-refractivity contribution is -0.156. The van der Waals surface area contributed by atoms with Crippen LogP contribution in [0.15, 0.2) is 54.6 Å². The number of aliphatic carboxylic acids is 1. The Morgan fingerprint density at radius 3 is 2.37 bits per heavy atom. The molecule has 1 aromatic heterocycles. The van der Waals surface area contributed by atoms with Crippen LogP contribution in [0.3, 0.4) is 0 Å². The van der Waals surface area contributed by atoms with Gasteiger partial charge in [-0.25, -0.2) is 9.00 Å². The predicted octanol–water partition coefficient (Wildman–Crippen LogP) is 5.59. The lowest BCUT2D eigenvalue weighted by Gasteiger charge is -2.31. The van der Waals surface area contributed by atoms with Gasteiger partial charge in [0.2, 0.25) is 0 Å². The van der Waals surface area contributed by atoms with Crippen molar-refractivity contribution < 1.29 is 28.2 Å². The van der Waals surface area contributed by atoms with E-state index in [0.29, 0.717) is 12.1 Å². The van der Waals surface area contributed by atoms with E-state index in [2.05, 4.69) is 0 Å². The molecule has 1 heterocycles. The first-order chi connectivity index (χ1) is 16.5. The third kappa shape index (κ3) is 7.88. The average molecular weight is 518 g/mol. The van der Waals surface area contributed by atoms with Crippen molar-refractivity contribution in [3.05, 3.63) is 64.4 Å². The molecule has 0 aliphatic carbocycles. The van der Waals surface area contributed by atoms with Crippen LogP contribution in [0, 0.1) is 0 Å². The molecular formula is C26H31NO6S2. The highest BCUT2D eigenvalue weighted by Gasteiger charge is 2.34. The number of anilines is 1. The van der Waals surface area contributed by atoms with Gasteiger partial charge >= 0.3 is 11.9 Å². The zero-order valence-corrected chi connectivity index (χ0v) is 21.7. The monoisotopic (exact) mass is 517 g/mol. The van der Waals surface area contributed by atoms with Crippen molar-refractivity contribution in [2.45, 2.75) is 64.5 Å². The highest BCUT2D eigenvalue weighted by Crippen LogP contribution is 2.29. The molecule has 0 saturated carbocycles. The van der Waals surface area contributed by atoms with Gasteiger partial charge in [0.25, 0.3) is 11.3 Å². The third-order valence-electron chi connectivity index (χ3n) is 5.29. The molecule has 0 amide bonds. The summed E-state index contributed by atoms with van der Waals surface area (Å²) in [6.45, 7) is 5.29. The molecule has 0 saturated heterocycles. The predicted molar refractivity (Wildman–Crippen MR) is 140 cm³/mol. The maximum absolute atomic E-state index is 13.3. The van der Waals surface area contributed by atoms with Crippen LogP contribution in [0.1, 0.15) is 49.8 Å². The number of unbranched alkanes of at least 4 members (excludes halogenated alkanes) is 1. The fourth-order valence-corrected chi connectivity index (χ4v) is 5.53. The van der Waals surface area contributed by atoms with Crippen LogP contribution in [-0.2, 0) is 38.4 Å². The summed E-state index contributed by atoms with van der Waals surface area (Å²) in [4.78, 5) is 25.9. The van der Waals surface area contributed by atoms with E-state index in [1.807, 2.05) is 42.5 Å². The zero-order chi connectivity index (χ0) is 25.6. The number of rotatable bonds is 11. The minimum Gasteiger partial charge on any atom is -0.481 e. The van der Waals surface area contributed by atoms with E-state index in [1.54, 1.807) is 32.9 Å². The minimum absolute atomic E-state index is 0.141. The third-order valence-corrected chi connectivity index (χ3v) is 7.26. The van der Waals surface area contributed by atoms with Gasteiger partial charge in [-0.2, -0.15) is 0 Å². The summed E-state index contributed by atoms with van der Waals surface area (Å²) in [5, 5.41) is 10.7. The Morgan fingerprint density at radius 2 is 1.71 bits per heavy atom. The van der Waals surface area contributed by atoms with Crippen LogP contribution in [0.4, 0.5) is 5.69 Å². The number of hydrogen-bond acceptors (Lipinski definition) is 5. The molecule has 35 heavy (non-hydrogen) atoms. The van der Waals surface area contributed by atoms with Gasteiger partial charge in [-0.15, -0.1) is 11.3 Å². The number of aryl methyl sites for hydroxylation is 1. The van der Waals surface area contributed by atoms with Crippen molar-refractivity contribution in [2.75, 3.05) is 4.31 Å². The Bertz CT molecular complexity index is 1200. The fourth-order valence-electron chi connectivity index (χ4n) is 3.76. The van der Waals surface area contributed by atoms with E-state index in [0.717, 1.165) is 33.4 Å². The van der Waals surface area contributed by atoms with E-state index in [-0.39, 0.29) is 12.8 Å². The molecule has 0 fully saturated rings. The van der Waals surface area contributed by atoms with Gasteiger partial charge < -0.3 is 9.84 Å². The summed E-state index contributed by atoms with van der Waals surface area (Å²) in [5.74, 6) is -1.38. The number of carboxylic acid groups (broad SMARTS) is 1. The first kappa shape index (κ1) is 26.8. The second-order valence-electron chi connectivity index (χ2n) is 9.31. The van der Waals surface area contributed by atoms with E-state index in [1.165, 1.54) is 15.6 Å². The second-order valence-corrected chi connectivity index (χ2v) is 11.4. The lowest BCUT2D eigenvalue weighted by Crippen LogP contribution is -2.46. The summed E-state index contributed by atoms with van der Waals surface area (Å²) in [5.41, 5.74) is -0.308. The lowest BCUT2D eigenvalue weighted by atomic mass is 10.1. The van der Waals surface area contributed by atoms with Gasteiger partial charge in [-0.3, -0.25) is 13.7 Å². The minimum atomic E-state index is -2.47. The van der Waals surface area contributed by atoms with Gasteiger partial charge in [0.1, 0.15) is 11.6 Å². The number of ether oxygens (including phenoxy) is 1. The standard InChI is InChI=1S/C26H31NO6S2/c1-26(2,3)33-25(30)23(17-22-15-14-21(34-22)10-6-7-11-24(28)29)27(35(31)32)20-13-12-18-8-4-5-9-19(18)16-20/h4-5,8-9,12-16,23H,6-7,10-11,17H2,1-3H3,(H,28,29)(H,31,32). The second kappa shape index (κ2) is 11.8. The number of carbonyl (C=O) groups excluding carboxylic acids is 1. The summed E-state index contributed by atoms with van der Waals surface area (Å²) in [6, 6.07) is 15.9. The van der Waals surface area contributed by atoms with Crippen molar-refractivity contribution in [1.82, 2.24) is 0 Å². The molecule has 0 radical (unpaired) electrons. The Kier molecular flexibility index (Phi) is 9.04. The number of nitrogens with zero attached hydrogens (tertiary/aromatic N) is 1. The van der Waals surface area contributed by atoms with Crippen LogP contribution in [0.25, 0.3) is 10.8 Å². The van der Waals surface area contributed by atoms with Crippen molar-refractivity contribution in [2.24, 2.45) is 0 Å². The normalized spacial score (nSPS) is 13.4. The molecule has 188 valence electrons. The maximum atomic E-state index is 13.3. The first-order valence-electron chi connectivity index (χ1n) is 11.4. The van der Waals surface area contributed by atoms with Crippen molar-refractivity contribution >= 4 is 51.0 Å². The van der Waals surface area contributed by atoms with Gasteiger partial charge in [-0.1, -0.05) is 30.3 Å².